The molecule has 2 aliphatic heterocycles. The zero-order valence-electron chi connectivity index (χ0n) is 22.1. The molecule has 3 fully saturated rings. The summed E-state index contributed by atoms with van der Waals surface area (Å²) >= 11 is 0. The third kappa shape index (κ3) is 2.67. The van der Waals surface area contributed by atoms with E-state index in [0.717, 1.165) is 37.4 Å². The molecule has 2 heterocycles. The largest absolute Gasteiger partial charge is 0.504 e. The van der Waals surface area contributed by atoms with Crippen LogP contribution in [-0.4, -0.2) is 58.7 Å². The Kier molecular flexibility index (Phi) is 4.71. The molecule has 1 saturated heterocycles. The molecule has 5 nitrogen and oxygen atoms in total. The Bertz CT molecular complexity index is 1110. The average molecular weight is 480 g/mol. The lowest BCUT2D eigenvalue weighted by Crippen LogP contribution is -2.79. The fourth-order valence-corrected chi connectivity index (χ4v) is 8.57. The van der Waals surface area contributed by atoms with Crippen molar-refractivity contribution in [1.29, 1.82) is 0 Å². The Morgan fingerprint density at radius 3 is 2.57 bits per heavy atom. The van der Waals surface area contributed by atoms with Gasteiger partial charge in [-0.15, -0.1) is 6.42 Å². The lowest BCUT2D eigenvalue weighted by atomic mass is 9.38. The van der Waals surface area contributed by atoms with Crippen molar-refractivity contribution in [1.82, 2.24) is 4.90 Å². The topological polar surface area (TPSA) is 62.2 Å². The first-order valence-corrected chi connectivity index (χ1v) is 13.4. The average Bonchev–Trinajstić information content (AvgIpc) is 3.54. The second kappa shape index (κ2) is 6.97. The van der Waals surface area contributed by atoms with Crippen molar-refractivity contribution in [2.75, 3.05) is 20.2 Å². The highest BCUT2D eigenvalue weighted by molar-refractivity contribution is 5.64. The summed E-state index contributed by atoms with van der Waals surface area (Å²) in [6.45, 7) is 12.4. The summed E-state index contributed by atoms with van der Waals surface area (Å²) < 4.78 is 13.2. The fourth-order valence-electron chi connectivity index (χ4n) is 8.57. The van der Waals surface area contributed by atoms with Gasteiger partial charge in [0.15, 0.2) is 11.5 Å². The summed E-state index contributed by atoms with van der Waals surface area (Å²) in [7, 11) is 1.74. The Labute approximate surface area is 210 Å². The molecule has 0 amide bonds. The van der Waals surface area contributed by atoms with Gasteiger partial charge in [-0.3, -0.25) is 4.90 Å². The van der Waals surface area contributed by atoms with Gasteiger partial charge in [-0.1, -0.05) is 32.8 Å². The second-order valence-electron chi connectivity index (χ2n) is 13.5. The van der Waals surface area contributed by atoms with Crippen molar-refractivity contribution in [2.45, 2.75) is 95.5 Å². The van der Waals surface area contributed by atoms with Crippen LogP contribution in [0.25, 0.3) is 0 Å². The normalized spacial score (nSPS) is 41.5. The number of aliphatic hydroxyl groups is 1. The number of nitrogens with zero attached hydrogens (tertiary/aromatic N) is 1. The molecule has 190 valence electrons. The van der Waals surface area contributed by atoms with Crippen LogP contribution in [0.4, 0.5) is 0 Å². The first-order chi connectivity index (χ1) is 16.4. The van der Waals surface area contributed by atoms with Crippen LogP contribution in [0.5, 0.6) is 11.5 Å². The maximum Gasteiger partial charge on any atom is 0.165 e. The van der Waals surface area contributed by atoms with Crippen molar-refractivity contribution >= 4 is 0 Å². The third-order valence-corrected chi connectivity index (χ3v) is 11.2. The van der Waals surface area contributed by atoms with Gasteiger partial charge < -0.3 is 19.7 Å². The molecule has 2 N–H and O–H groups in total. The van der Waals surface area contributed by atoms with Crippen LogP contribution in [0.15, 0.2) is 12.1 Å². The van der Waals surface area contributed by atoms with E-state index in [9.17, 15) is 10.2 Å². The number of aromatic hydroxyl groups is 1. The van der Waals surface area contributed by atoms with Crippen molar-refractivity contribution < 1.29 is 19.7 Å². The standard InChI is InChI=1S/C30H41NO4/c1-8-29-16-21(28(6,33)26(2,3)4)27(5,34-7)25-30(29)13-14-31(17-18-9-10-18)22(29)15-19-11-12-20(32)24(35-25)23(19)30/h1,11-12,18,21-22,25,32-33H,9-10,13-17H2,2-7H3/t21-,22+,25-,27?,28-,29+,30-/m0/s1. The molecule has 1 unspecified atom stereocenters. The molecule has 0 radical (unpaired) electrons. The second-order valence-corrected chi connectivity index (χ2v) is 13.5. The molecule has 2 bridgehead atoms. The summed E-state index contributed by atoms with van der Waals surface area (Å²) in [6, 6.07) is 4.03. The Hall–Kier alpha value is -1.74. The van der Waals surface area contributed by atoms with Crippen LogP contribution in [0.2, 0.25) is 0 Å². The molecule has 35 heavy (non-hydrogen) atoms. The zero-order chi connectivity index (χ0) is 25.2. The van der Waals surface area contributed by atoms with Crippen molar-refractivity contribution in [3.05, 3.63) is 23.3 Å². The Balaban J connectivity index is 1.62. The van der Waals surface area contributed by atoms with Crippen molar-refractivity contribution in [2.24, 2.45) is 22.7 Å². The van der Waals surface area contributed by atoms with E-state index >= 15 is 0 Å². The highest BCUT2D eigenvalue weighted by atomic mass is 16.6. The van der Waals surface area contributed by atoms with Crippen LogP contribution in [0.3, 0.4) is 0 Å². The lowest BCUT2D eigenvalue weighted by molar-refractivity contribution is -0.262. The summed E-state index contributed by atoms with van der Waals surface area (Å²) in [6.07, 6.45) is 11.3. The van der Waals surface area contributed by atoms with Gasteiger partial charge in [-0.25, -0.2) is 0 Å². The molecule has 7 atom stereocenters. The predicted octanol–water partition coefficient (Wildman–Crippen LogP) is 4.27. The Morgan fingerprint density at radius 2 is 1.97 bits per heavy atom. The lowest BCUT2D eigenvalue weighted by Gasteiger charge is -2.69. The Morgan fingerprint density at radius 1 is 1.26 bits per heavy atom. The number of likely N-dealkylation sites (tertiary alicyclic amines) is 1. The van der Waals surface area contributed by atoms with Gasteiger partial charge in [0.05, 0.1) is 16.4 Å². The predicted molar refractivity (Wildman–Crippen MR) is 135 cm³/mol. The minimum Gasteiger partial charge on any atom is -0.504 e. The molecule has 5 aliphatic rings. The van der Waals surface area contributed by atoms with E-state index in [2.05, 4.69) is 44.6 Å². The molecule has 2 saturated carbocycles. The van der Waals surface area contributed by atoms with Gasteiger partial charge in [0, 0.05) is 31.2 Å². The summed E-state index contributed by atoms with van der Waals surface area (Å²) in [5.74, 6) is 4.68. The molecule has 1 aromatic carbocycles. The minimum atomic E-state index is -1.06. The van der Waals surface area contributed by atoms with Gasteiger partial charge in [0.1, 0.15) is 11.7 Å². The van der Waals surface area contributed by atoms with Gasteiger partial charge in [-0.05, 0) is 75.5 Å². The quantitative estimate of drug-likeness (QED) is 0.632. The van der Waals surface area contributed by atoms with E-state index < -0.39 is 33.6 Å². The van der Waals surface area contributed by atoms with Crippen LogP contribution in [-0.2, 0) is 16.6 Å². The minimum absolute atomic E-state index is 0.176. The smallest absolute Gasteiger partial charge is 0.165 e. The van der Waals surface area contributed by atoms with Crippen molar-refractivity contribution in [3.8, 4) is 23.8 Å². The SMILES string of the molecule is C#C[C@]12C[C@H]([C@](C)(O)C(C)(C)C)C(C)(OC)[C@@H]3Oc4c(O)ccc5c4[C@@]31CCN(CC1CC1)[C@@H]2C5. The molecular weight excluding hydrogens is 438 g/mol. The first kappa shape index (κ1) is 23.6. The number of ether oxygens (including phenoxy) is 2. The molecule has 3 aliphatic carbocycles. The number of hydrogen-bond donors (Lipinski definition) is 2. The summed E-state index contributed by atoms with van der Waals surface area (Å²) in [5, 5.41) is 23.2. The van der Waals surface area contributed by atoms with E-state index in [0.29, 0.717) is 12.2 Å². The number of phenols is 1. The van der Waals surface area contributed by atoms with Crippen molar-refractivity contribution in [3.63, 3.8) is 0 Å². The van der Waals surface area contributed by atoms with Crippen LogP contribution in [0, 0.1) is 35.0 Å². The number of rotatable bonds is 4. The highest BCUT2D eigenvalue weighted by Crippen LogP contribution is 2.73. The maximum atomic E-state index is 12.2. The highest BCUT2D eigenvalue weighted by Gasteiger charge is 2.79. The third-order valence-electron chi connectivity index (χ3n) is 11.2. The van der Waals surface area contributed by atoms with Gasteiger partial charge in [0.2, 0.25) is 0 Å². The number of benzene rings is 1. The fraction of sp³-hybridized carbons (Fsp3) is 0.733. The van der Waals surface area contributed by atoms with E-state index in [1.807, 2.05) is 6.92 Å². The maximum absolute atomic E-state index is 12.2. The zero-order valence-corrected chi connectivity index (χ0v) is 22.1. The van der Waals surface area contributed by atoms with E-state index in [-0.39, 0.29) is 17.7 Å². The van der Waals surface area contributed by atoms with Crippen LogP contribution >= 0.6 is 0 Å². The van der Waals surface area contributed by atoms with Gasteiger partial charge in [0.25, 0.3) is 0 Å². The molecule has 6 rings (SSSR count). The molecule has 1 aromatic rings. The number of hydrogen-bond acceptors (Lipinski definition) is 5. The van der Waals surface area contributed by atoms with Crippen LogP contribution in [0.1, 0.15) is 71.4 Å². The molecule has 1 spiro atoms. The number of phenolic OH excluding ortho intramolecular Hbond substituents is 1. The molecule has 0 aromatic heterocycles. The van der Waals surface area contributed by atoms with Gasteiger partial charge >= 0.3 is 0 Å². The summed E-state index contributed by atoms with van der Waals surface area (Å²) in [4.78, 5) is 2.66. The van der Waals surface area contributed by atoms with E-state index in [4.69, 9.17) is 15.9 Å². The van der Waals surface area contributed by atoms with E-state index in [1.165, 1.54) is 18.4 Å². The number of terminal acetylenes is 1. The monoisotopic (exact) mass is 479 g/mol. The van der Waals surface area contributed by atoms with E-state index in [1.54, 1.807) is 13.2 Å². The first-order valence-electron chi connectivity index (χ1n) is 13.4. The van der Waals surface area contributed by atoms with Crippen LogP contribution < -0.4 is 4.74 Å². The summed E-state index contributed by atoms with van der Waals surface area (Å²) in [5.41, 5.74) is -0.859. The van der Waals surface area contributed by atoms with Gasteiger partial charge in [-0.2, -0.15) is 0 Å². The molecular formula is C30H41NO4. The molecule has 5 heteroatoms. The number of piperidine rings is 1. The number of methoxy groups -OCH3 is 1.